The molecule has 1 N–H and O–H groups in total. The van der Waals surface area contributed by atoms with Crippen molar-refractivity contribution in [1.82, 2.24) is 9.78 Å². The van der Waals surface area contributed by atoms with E-state index >= 15 is 0 Å². The van der Waals surface area contributed by atoms with Crippen LogP contribution in [-0.2, 0) is 6.54 Å². The molecule has 0 radical (unpaired) electrons. The summed E-state index contributed by atoms with van der Waals surface area (Å²) in [5.41, 5.74) is 2.25. The molecule has 0 fully saturated rings. The highest BCUT2D eigenvalue weighted by Crippen LogP contribution is 2.21. The molecule has 5 heteroatoms. The summed E-state index contributed by atoms with van der Waals surface area (Å²) in [5.74, 6) is 0. The van der Waals surface area contributed by atoms with Crippen LogP contribution in [0.3, 0.4) is 0 Å². The largest absolute Gasteiger partial charge is 0.382 e. The molecule has 0 saturated heterocycles. The number of rotatable bonds is 6. The highest BCUT2D eigenvalue weighted by atomic mass is 79.9. The normalized spacial score (nSPS) is 14.5. The molecule has 0 amide bonds. The van der Waals surface area contributed by atoms with Gasteiger partial charge in [-0.05, 0) is 48.0 Å². The molecule has 4 nitrogen and oxygen atoms in total. The molecule has 1 aromatic rings. The maximum atomic E-state index is 12.0. The number of nitrogens with one attached hydrogen (secondary N) is 1. The van der Waals surface area contributed by atoms with Crippen LogP contribution in [0.5, 0.6) is 0 Å². The third-order valence-corrected chi connectivity index (χ3v) is 4.08. The van der Waals surface area contributed by atoms with Crippen molar-refractivity contribution in [2.75, 3.05) is 11.9 Å². The fourth-order valence-corrected chi connectivity index (χ4v) is 2.73. The van der Waals surface area contributed by atoms with Crippen LogP contribution in [0.1, 0.15) is 39.0 Å². The lowest BCUT2D eigenvalue weighted by molar-refractivity contribution is 0.566. The molecule has 1 aromatic heterocycles. The summed E-state index contributed by atoms with van der Waals surface area (Å²) in [6.45, 7) is 3.54. The van der Waals surface area contributed by atoms with Gasteiger partial charge in [0.15, 0.2) is 0 Å². The van der Waals surface area contributed by atoms with E-state index in [1.807, 2.05) is 6.92 Å². The number of hydrogen-bond donors (Lipinski definition) is 1. The second-order valence-electron chi connectivity index (χ2n) is 4.83. The Kier molecular flexibility index (Phi) is 5.19. The topological polar surface area (TPSA) is 46.9 Å². The Labute approximate surface area is 122 Å². The second kappa shape index (κ2) is 6.89. The molecule has 0 spiro atoms. The second-order valence-corrected chi connectivity index (χ2v) is 5.62. The summed E-state index contributed by atoms with van der Waals surface area (Å²) in [5, 5.41) is 7.46. The van der Waals surface area contributed by atoms with E-state index in [9.17, 15) is 4.79 Å². The maximum Gasteiger partial charge on any atom is 0.283 e. The van der Waals surface area contributed by atoms with Gasteiger partial charge in [-0.3, -0.25) is 4.79 Å². The fraction of sp³-hybridized carbons (Fsp3) is 0.571. The van der Waals surface area contributed by atoms with E-state index in [0.29, 0.717) is 11.0 Å². The van der Waals surface area contributed by atoms with Gasteiger partial charge in [0.25, 0.3) is 5.56 Å². The monoisotopic (exact) mass is 325 g/mol. The minimum atomic E-state index is -0.0630. The Morgan fingerprint density at radius 1 is 1.53 bits per heavy atom. The molecule has 19 heavy (non-hydrogen) atoms. The number of halogens is 1. The Hall–Kier alpha value is -1.10. The number of nitrogens with zero attached hydrogens (tertiary/aromatic N) is 2. The first kappa shape index (κ1) is 14.3. The predicted octanol–water partition coefficient (Wildman–Crippen LogP) is 3.33. The molecule has 2 rings (SSSR count). The van der Waals surface area contributed by atoms with Crippen molar-refractivity contribution < 1.29 is 0 Å². The first-order valence-corrected chi connectivity index (χ1v) is 7.69. The van der Waals surface area contributed by atoms with E-state index < -0.39 is 0 Å². The van der Waals surface area contributed by atoms with Gasteiger partial charge in [0, 0.05) is 13.1 Å². The lowest BCUT2D eigenvalue weighted by Gasteiger charge is -2.10. The van der Waals surface area contributed by atoms with Gasteiger partial charge in [-0.1, -0.05) is 18.6 Å². The first-order chi connectivity index (χ1) is 9.22. The lowest BCUT2D eigenvalue weighted by Crippen LogP contribution is -2.24. The van der Waals surface area contributed by atoms with Gasteiger partial charge in [0.2, 0.25) is 0 Å². The molecular formula is C14H20BrN3O. The van der Waals surface area contributed by atoms with Crippen LogP contribution in [0, 0.1) is 0 Å². The number of allylic oxidation sites excluding steroid dienone is 1. The van der Waals surface area contributed by atoms with Gasteiger partial charge < -0.3 is 5.32 Å². The molecule has 1 aliphatic rings. The minimum absolute atomic E-state index is 0.0630. The van der Waals surface area contributed by atoms with E-state index in [1.54, 1.807) is 6.20 Å². The van der Waals surface area contributed by atoms with Crippen LogP contribution in [0.25, 0.3) is 0 Å². The molecule has 0 atom stereocenters. The highest BCUT2D eigenvalue weighted by molar-refractivity contribution is 9.10. The highest BCUT2D eigenvalue weighted by Gasteiger charge is 2.09. The zero-order chi connectivity index (χ0) is 13.7. The van der Waals surface area contributed by atoms with Crippen LogP contribution < -0.4 is 10.9 Å². The summed E-state index contributed by atoms with van der Waals surface area (Å²) in [7, 11) is 0. The van der Waals surface area contributed by atoms with E-state index in [0.717, 1.165) is 25.1 Å². The van der Waals surface area contributed by atoms with Crippen LogP contribution in [0.15, 0.2) is 27.1 Å². The van der Waals surface area contributed by atoms with Gasteiger partial charge in [-0.15, -0.1) is 0 Å². The van der Waals surface area contributed by atoms with Gasteiger partial charge in [-0.2, -0.15) is 5.10 Å². The third kappa shape index (κ3) is 3.69. The van der Waals surface area contributed by atoms with Crippen molar-refractivity contribution >= 4 is 21.6 Å². The van der Waals surface area contributed by atoms with Gasteiger partial charge >= 0.3 is 0 Å². The summed E-state index contributed by atoms with van der Waals surface area (Å²) in [6.07, 6.45) is 9.73. The summed E-state index contributed by atoms with van der Waals surface area (Å²) < 4.78 is 2.07. The van der Waals surface area contributed by atoms with E-state index in [1.165, 1.54) is 29.5 Å². The third-order valence-electron chi connectivity index (χ3n) is 3.32. The maximum absolute atomic E-state index is 12.0. The number of aryl methyl sites for hydroxylation is 1. The van der Waals surface area contributed by atoms with Crippen LogP contribution in [0.2, 0.25) is 0 Å². The Balaban J connectivity index is 1.96. The van der Waals surface area contributed by atoms with Crippen molar-refractivity contribution in [2.45, 2.75) is 45.6 Å². The zero-order valence-electron chi connectivity index (χ0n) is 11.3. The number of aromatic nitrogens is 2. The summed E-state index contributed by atoms with van der Waals surface area (Å²) in [4.78, 5) is 12.0. The number of hydrogen-bond acceptors (Lipinski definition) is 3. The molecule has 1 aliphatic carbocycles. The van der Waals surface area contributed by atoms with Crippen molar-refractivity contribution in [2.24, 2.45) is 0 Å². The Bertz CT molecular complexity index is 522. The van der Waals surface area contributed by atoms with Crippen molar-refractivity contribution in [3.8, 4) is 0 Å². The predicted molar refractivity (Wildman–Crippen MR) is 81.5 cm³/mol. The molecule has 0 aromatic carbocycles. The first-order valence-electron chi connectivity index (χ1n) is 6.89. The molecule has 104 valence electrons. The molecular weight excluding hydrogens is 306 g/mol. The van der Waals surface area contributed by atoms with Gasteiger partial charge in [0.1, 0.15) is 4.47 Å². The van der Waals surface area contributed by atoms with E-state index in [2.05, 4.69) is 32.4 Å². The Morgan fingerprint density at radius 3 is 3.05 bits per heavy atom. The Morgan fingerprint density at radius 2 is 2.37 bits per heavy atom. The average molecular weight is 326 g/mol. The van der Waals surface area contributed by atoms with Gasteiger partial charge in [0.05, 0.1) is 11.9 Å². The number of anilines is 1. The average Bonchev–Trinajstić information content (AvgIpc) is 2.91. The molecule has 1 heterocycles. The van der Waals surface area contributed by atoms with Crippen LogP contribution >= 0.6 is 15.9 Å². The smallest absolute Gasteiger partial charge is 0.283 e. The molecule has 0 aliphatic heterocycles. The van der Waals surface area contributed by atoms with Crippen molar-refractivity contribution in [1.29, 1.82) is 0 Å². The zero-order valence-corrected chi connectivity index (χ0v) is 12.9. The molecule has 0 unspecified atom stereocenters. The molecule has 0 saturated carbocycles. The SMILES string of the molecule is CCCn1ncc(NCCC2=CCCC2)c(Br)c1=O. The summed E-state index contributed by atoms with van der Waals surface area (Å²) >= 11 is 3.36. The minimum Gasteiger partial charge on any atom is -0.382 e. The quantitative estimate of drug-likeness (QED) is 0.816. The van der Waals surface area contributed by atoms with E-state index in [4.69, 9.17) is 0 Å². The van der Waals surface area contributed by atoms with Gasteiger partial charge in [-0.25, -0.2) is 4.68 Å². The van der Waals surface area contributed by atoms with Crippen molar-refractivity contribution in [3.63, 3.8) is 0 Å². The van der Waals surface area contributed by atoms with Crippen LogP contribution in [0.4, 0.5) is 5.69 Å². The summed E-state index contributed by atoms with van der Waals surface area (Å²) in [6, 6.07) is 0. The lowest BCUT2D eigenvalue weighted by atomic mass is 10.2. The van der Waals surface area contributed by atoms with Crippen molar-refractivity contribution in [3.05, 3.63) is 32.7 Å². The van der Waals surface area contributed by atoms with Crippen LogP contribution in [-0.4, -0.2) is 16.3 Å². The molecule has 0 bridgehead atoms. The van der Waals surface area contributed by atoms with E-state index in [-0.39, 0.29) is 5.56 Å². The fourth-order valence-electron chi connectivity index (χ4n) is 2.28. The standard InChI is InChI=1S/C14H20BrN3O/c1-2-9-18-14(19)13(15)12(10-17-18)16-8-7-11-5-3-4-6-11/h5,10,16H,2-4,6-9H2,1H3.